The van der Waals surface area contributed by atoms with Crippen molar-refractivity contribution >= 4 is 22.5 Å². The number of aromatic nitrogens is 1. The first kappa shape index (κ1) is 24.8. The van der Waals surface area contributed by atoms with Crippen LogP contribution in [0, 0.1) is 18.8 Å². The Morgan fingerprint density at radius 3 is 2.59 bits per heavy atom. The zero-order valence-electron chi connectivity index (χ0n) is 20.2. The summed E-state index contributed by atoms with van der Waals surface area (Å²) in [7, 11) is 0. The zero-order valence-corrected chi connectivity index (χ0v) is 20.2. The average Bonchev–Trinajstić information content (AvgIpc) is 2.79. The minimum Gasteiger partial charge on any atom is -0.368 e. The van der Waals surface area contributed by atoms with Crippen LogP contribution >= 0.6 is 0 Å². The van der Waals surface area contributed by atoms with Gasteiger partial charge in [-0.05, 0) is 82.8 Å². The summed E-state index contributed by atoms with van der Waals surface area (Å²) in [5, 5.41) is 3.79. The fourth-order valence-corrected chi connectivity index (χ4v) is 5.43. The SMILES string of the molecule is Cc1ccc(N2C[C@H](NC(=O)CC3CCN(C(C)C)CC3)C[C@H](C(F)(F)F)C2)c2cccnc12. The molecule has 1 aromatic carbocycles. The van der Waals surface area contributed by atoms with Crippen LogP contribution in [0.25, 0.3) is 10.9 Å². The van der Waals surface area contributed by atoms with Gasteiger partial charge in [-0.1, -0.05) is 6.07 Å². The highest BCUT2D eigenvalue weighted by Crippen LogP contribution is 2.37. The number of benzene rings is 1. The third kappa shape index (κ3) is 5.65. The molecule has 2 saturated heterocycles. The maximum atomic E-state index is 13.8. The Balaban J connectivity index is 1.47. The number of halogens is 3. The van der Waals surface area contributed by atoms with Crippen molar-refractivity contribution in [2.75, 3.05) is 31.1 Å². The summed E-state index contributed by atoms with van der Waals surface area (Å²) in [5.74, 6) is -1.33. The molecule has 3 heterocycles. The molecule has 1 N–H and O–H groups in total. The molecule has 1 amide bonds. The lowest BCUT2D eigenvalue weighted by molar-refractivity contribution is -0.178. The number of alkyl halides is 3. The van der Waals surface area contributed by atoms with Crippen molar-refractivity contribution in [1.82, 2.24) is 15.2 Å². The number of hydrogen-bond acceptors (Lipinski definition) is 4. The van der Waals surface area contributed by atoms with E-state index in [4.69, 9.17) is 0 Å². The van der Waals surface area contributed by atoms with Crippen LogP contribution in [0.3, 0.4) is 0 Å². The highest BCUT2D eigenvalue weighted by atomic mass is 19.4. The van der Waals surface area contributed by atoms with E-state index in [0.717, 1.165) is 48.1 Å². The molecule has 2 fully saturated rings. The molecule has 8 heteroatoms. The second-order valence-electron chi connectivity index (χ2n) is 10.2. The van der Waals surface area contributed by atoms with Crippen molar-refractivity contribution in [2.24, 2.45) is 11.8 Å². The van der Waals surface area contributed by atoms with Gasteiger partial charge >= 0.3 is 6.18 Å². The predicted octanol–water partition coefficient (Wildman–Crippen LogP) is 4.93. The van der Waals surface area contributed by atoms with Gasteiger partial charge < -0.3 is 15.1 Å². The number of nitrogens with one attached hydrogen (secondary N) is 1. The Labute approximate surface area is 199 Å². The highest BCUT2D eigenvalue weighted by Gasteiger charge is 2.45. The lowest BCUT2D eigenvalue weighted by atomic mass is 9.90. The van der Waals surface area contributed by atoms with Crippen LogP contribution in [0.5, 0.6) is 0 Å². The van der Waals surface area contributed by atoms with Crippen molar-refractivity contribution in [3.8, 4) is 0 Å². The predicted molar refractivity (Wildman–Crippen MR) is 129 cm³/mol. The molecule has 0 bridgehead atoms. The molecule has 2 aromatic rings. The van der Waals surface area contributed by atoms with Gasteiger partial charge in [0, 0.05) is 48.9 Å². The Bertz CT molecular complexity index is 1000. The number of piperidine rings is 2. The maximum Gasteiger partial charge on any atom is 0.393 e. The number of amides is 1. The topological polar surface area (TPSA) is 48.5 Å². The number of pyridine rings is 1. The lowest BCUT2D eigenvalue weighted by Gasteiger charge is -2.40. The van der Waals surface area contributed by atoms with Crippen LogP contribution in [-0.4, -0.2) is 60.2 Å². The first-order valence-corrected chi connectivity index (χ1v) is 12.3. The van der Waals surface area contributed by atoms with Crippen LogP contribution in [0.4, 0.5) is 18.9 Å². The summed E-state index contributed by atoms with van der Waals surface area (Å²) in [4.78, 5) is 21.4. The van der Waals surface area contributed by atoms with Gasteiger partial charge in [0.15, 0.2) is 0 Å². The summed E-state index contributed by atoms with van der Waals surface area (Å²) in [6.45, 7) is 8.48. The van der Waals surface area contributed by atoms with Gasteiger partial charge in [0.05, 0.1) is 11.4 Å². The minimum absolute atomic E-state index is 0.0838. The van der Waals surface area contributed by atoms with Crippen molar-refractivity contribution in [3.63, 3.8) is 0 Å². The van der Waals surface area contributed by atoms with Gasteiger partial charge in [0.25, 0.3) is 0 Å². The number of anilines is 1. The Kier molecular flexibility index (Phi) is 7.36. The van der Waals surface area contributed by atoms with Crippen LogP contribution in [0.15, 0.2) is 30.5 Å². The van der Waals surface area contributed by atoms with Crippen LogP contribution in [0.1, 0.15) is 45.1 Å². The molecule has 186 valence electrons. The number of aryl methyl sites for hydroxylation is 1. The Morgan fingerprint density at radius 2 is 1.91 bits per heavy atom. The molecule has 0 saturated carbocycles. The summed E-state index contributed by atoms with van der Waals surface area (Å²) in [6, 6.07) is 7.43. The largest absolute Gasteiger partial charge is 0.393 e. The molecule has 4 rings (SSSR count). The van der Waals surface area contributed by atoms with E-state index in [1.165, 1.54) is 0 Å². The molecular formula is C26H35F3N4O. The Morgan fingerprint density at radius 1 is 1.18 bits per heavy atom. The number of rotatable bonds is 5. The van der Waals surface area contributed by atoms with Crippen molar-refractivity contribution in [2.45, 2.75) is 64.7 Å². The van der Waals surface area contributed by atoms with Gasteiger partial charge in [-0.3, -0.25) is 9.78 Å². The smallest absolute Gasteiger partial charge is 0.368 e. The number of fused-ring (bicyclic) bond motifs is 1. The molecule has 0 aliphatic carbocycles. The monoisotopic (exact) mass is 476 g/mol. The van der Waals surface area contributed by atoms with E-state index in [-0.39, 0.29) is 18.9 Å². The van der Waals surface area contributed by atoms with Gasteiger partial charge in [-0.25, -0.2) is 0 Å². The van der Waals surface area contributed by atoms with Crippen molar-refractivity contribution < 1.29 is 18.0 Å². The van der Waals surface area contributed by atoms with Crippen molar-refractivity contribution in [1.29, 1.82) is 0 Å². The summed E-state index contributed by atoms with van der Waals surface area (Å²) in [5.41, 5.74) is 2.52. The minimum atomic E-state index is -4.32. The molecule has 34 heavy (non-hydrogen) atoms. The summed E-state index contributed by atoms with van der Waals surface area (Å²) >= 11 is 0. The van der Waals surface area contributed by atoms with E-state index in [0.29, 0.717) is 24.9 Å². The number of hydrogen-bond donors (Lipinski definition) is 1. The van der Waals surface area contributed by atoms with Crippen LogP contribution in [-0.2, 0) is 4.79 Å². The average molecular weight is 477 g/mol. The molecule has 2 atom stereocenters. The molecule has 2 aliphatic rings. The number of likely N-dealkylation sites (tertiary alicyclic amines) is 1. The normalized spacial score (nSPS) is 23.0. The van der Waals surface area contributed by atoms with Gasteiger partial charge in [0.1, 0.15) is 0 Å². The number of carbonyl (C=O) groups is 1. The third-order valence-electron chi connectivity index (χ3n) is 7.42. The second kappa shape index (κ2) is 10.1. The second-order valence-corrected chi connectivity index (χ2v) is 10.2. The van der Waals surface area contributed by atoms with E-state index in [2.05, 4.69) is 29.0 Å². The fraction of sp³-hybridized carbons (Fsp3) is 0.615. The molecule has 2 aliphatic heterocycles. The van der Waals surface area contributed by atoms with Crippen LogP contribution in [0.2, 0.25) is 0 Å². The Hall–Kier alpha value is -2.35. The van der Waals surface area contributed by atoms with Crippen LogP contribution < -0.4 is 10.2 Å². The molecule has 1 aromatic heterocycles. The highest BCUT2D eigenvalue weighted by molar-refractivity contribution is 5.93. The van der Waals surface area contributed by atoms with E-state index in [1.807, 2.05) is 25.1 Å². The maximum absolute atomic E-state index is 13.8. The molecule has 0 radical (unpaired) electrons. The lowest BCUT2D eigenvalue weighted by Crippen LogP contribution is -2.54. The standard InChI is InChI=1S/C26H35F3N4O/c1-17(2)32-11-8-19(9-12-32)13-24(34)31-21-14-20(26(27,28)29)15-33(16-21)23-7-6-18(3)25-22(23)5-4-10-30-25/h4-7,10,17,19-21H,8-9,11-16H2,1-3H3,(H,31,34)/t20-,21+/m0/s1. The van der Waals surface area contributed by atoms with Gasteiger partial charge in [-0.2, -0.15) is 13.2 Å². The first-order valence-electron chi connectivity index (χ1n) is 12.3. The van der Waals surface area contributed by atoms with E-state index in [1.54, 1.807) is 17.2 Å². The quantitative estimate of drug-likeness (QED) is 0.665. The molecular weight excluding hydrogens is 441 g/mol. The summed E-state index contributed by atoms with van der Waals surface area (Å²) in [6.07, 6.45) is -0.408. The molecule has 0 spiro atoms. The van der Waals surface area contributed by atoms with E-state index < -0.39 is 18.1 Å². The number of carbonyl (C=O) groups excluding carboxylic acids is 1. The third-order valence-corrected chi connectivity index (χ3v) is 7.42. The summed E-state index contributed by atoms with van der Waals surface area (Å²) < 4.78 is 41.5. The van der Waals surface area contributed by atoms with E-state index >= 15 is 0 Å². The fourth-order valence-electron chi connectivity index (χ4n) is 5.43. The first-order chi connectivity index (χ1) is 16.1. The molecule has 0 unspecified atom stereocenters. The van der Waals surface area contributed by atoms with Gasteiger partial charge in [-0.15, -0.1) is 0 Å². The molecule has 5 nitrogen and oxygen atoms in total. The van der Waals surface area contributed by atoms with E-state index in [9.17, 15) is 18.0 Å². The van der Waals surface area contributed by atoms with Crippen molar-refractivity contribution in [3.05, 3.63) is 36.0 Å². The number of nitrogens with zero attached hydrogens (tertiary/aromatic N) is 3. The van der Waals surface area contributed by atoms with Gasteiger partial charge in [0.2, 0.25) is 5.91 Å². The zero-order chi connectivity index (χ0) is 24.5.